The van der Waals surface area contributed by atoms with Gasteiger partial charge in [0.2, 0.25) is 5.91 Å². The molecule has 33 heavy (non-hydrogen) atoms. The van der Waals surface area contributed by atoms with E-state index in [-0.39, 0.29) is 29.7 Å². The smallest absolute Gasteiger partial charge is 0.398 e. The van der Waals surface area contributed by atoms with Crippen molar-refractivity contribution in [3.05, 3.63) is 59.2 Å². The summed E-state index contributed by atoms with van der Waals surface area (Å²) >= 11 is 1.76. The Hall–Kier alpha value is -2.68. The number of benzene rings is 2. The van der Waals surface area contributed by atoms with E-state index in [4.69, 9.17) is 5.73 Å². The van der Waals surface area contributed by atoms with Gasteiger partial charge in [-0.2, -0.15) is 13.2 Å². The molecule has 2 atom stereocenters. The van der Waals surface area contributed by atoms with Crippen LogP contribution in [0.4, 0.5) is 18.9 Å². The van der Waals surface area contributed by atoms with Gasteiger partial charge < -0.3 is 16.4 Å². The highest BCUT2D eigenvalue weighted by Gasteiger charge is 2.32. The molecule has 2 amide bonds. The van der Waals surface area contributed by atoms with Crippen LogP contribution < -0.4 is 16.4 Å². The molecule has 1 aliphatic rings. The van der Waals surface area contributed by atoms with E-state index in [1.807, 2.05) is 6.92 Å². The highest BCUT2D eigenvalue weighted by Crippen LogP contribution is 2.32. The Bertz CT molecular complexity index is 980. The number of hydrogen-bond donors (Lipinski definition) is 3. The fourth-order valence-corrected chi connectivity index (χ4v) is 5.01. The van der Waals surface area contributed by atoms with Gasteiger partial charge in [-0.1, -0.05) is 30.5 Å². The fraction of sp³-hybridized carbons (Fsp3) is 0.417. The first-order valence-electron chi connectivity index (χ1n) is 10.9. The van der Waals surface area contributed by atoms with E-state index in [1.54, 1.807) is 11.8 Å². The Morgan fingerprint density at radius 3 is 2.48 bits per heavy atom. The van der Waals surface area contributed by atoms with Crippen LogP contribution >= 0.6 is 11.8 Å². The lowest BCUT2D eigenvalue weighted by Gasteiger charge is -2.32. The van der Waals surface area contributed by atoms with Crippen LogP contribution in [0.25, 0.3) is 0 Å². The number of rotatable bonds is 7. The molecular weight excluding hydrogens is 451 g/mol. The van der Waals surface area contributed by atoms with Crippen molar-refractivity contribution in [3.63, 3.8) is 0 Å². The van der Waals surface area contributed by atoms with E-state index in [1.165, 1.54) is 10.5 Å². The van der Waals surface area contributed by atoms with Crippen molar-refractivity contribution in [1.82, 2.24) is 10.6 Å². The number of amides is 2. The highest BCUT2D eigenvalue weighted by molar-refractivity contribution is 7.99. The molecule has 5 nitrogen and oxygen atoms in total. The van der Waals surface area contributed by atoms with Gasteiger partial charge in [-0.15, -0.1) is 11.8 Å². The number of carbonyl (C=O) groups is 2. The summed E-state index contributed by atoms with van der Waals surface area (Å²) in [6, 6.07) is 10.9. The molecule has 3 rings (SSSR count). The van der Waals surface area contributed by atoms with Crippen LogP contribution in [0, 0.1) is 12.8 Å². The topological polar surface area (TPSA) is 84.2 Å². The van der Waals surface area contributed by atoms with Crippen LogP contribution in [0.15, 0.2) is 47.4 Å². The van der Waals surface area contributed by atoms with Crippen molar-refractivity contribution >= 4 is 29.3 Å². The zero-order valence-corrected chi connectivity index (χ0v) is 19.2. The van der Waals surface area contributed by atoms with E-state index in [9.17, 15) is 22.8 Å². The zero-order chi connectivity index (χ0) is 24.0. The van der Waals surface area contributed by atoms with Crippen molar-refractivity contribution in [2.24, 2.45) is 5.92 Å². The monoisotopic (exact) mass is 479 g/mol. The number of aryl methyl sites for hydroxylation is 1. The molecule has 0 spiro atoms. The van der Waals surface area contributed by atoms with Gasteiger partial charge >= 0.3 is 6.18 Å². The quantitative estimate of drug-likeness (QED) is 0.394. The molecule has 0 heterocycles. The molecule has 1 saturated carbocycles. The SMILES string of the molecule is Cc1ccc(SCC2CCCCC2NC(=O)CNC(=O)c2cc(C(F)(F)F)ccc2N)cc1. The molecule has 2 aromatic carbocycles. The maximum Gasteiger partial charge on any atom is 0.416 e. The maximum absolute atomic E-state index is 12.9. The lowest BCUT2D eigenvalue weighted by Crippen LogP contribution is -2.47. The van der Waals surface area contributed by atoms with E-state index in [0.29, 0.717) is 12.0 Å². The van der Waals surface area contributed by atoms with Crippen LogP contribution in [0.2, 0.25) is 0 Å². The van der Waals surface area contributed by atoms with E-state index in [2.05, 4.69) is 34.9 Å². The van der Waals surface area contributed by atoms with Gasteiger partial charge in [-0.25, -0.2) is 0 Å². The molecule has 0 bridgehead atoms. The lowest BCUT2D eigenvalue weighted by molar-refractivity contribution is -0.137. The highest BCUT2D eigenvalue weighted by atomic mass is 32.2. The molecule has 0 aromatic heterocycles. The third-order valence-electron chi connectivity index (χ3n) is 5.78. The number of anilines is 1. The number of nitrogens with one attached hydrogen (secondary N) is 2. The Balaban J connectivity index is 1.53. The molecule has 0 aliphatic heterocycles. The zero-order valence-electron chi connectivity index (χ0n) is 18.4. The number of thioether (sulfide) groups is 1. The minimum Gasteiger partial charge on any atom is -0.398 e. The molecule has 1 fully saturated rings. The summed E-state index contributed by atoms with van der Waals surface area (Å²) in [5.74, 6) is 0.0000334. The summed E-state index contributed by atoms with van der Waals surface area (Å²) in [6.45, 7) is 1.71. The lowest BCUT2D eigenvalue weighted by atomic mass is 9.86. The minimum atomic E-state index is -4.59. The number of nitrogen functional groups attached to an aromatic ring is 1. The standard InChI is InChI=1S/C24H28F3N3O2S/c1-15-6-9-18(10-7-15)33-14-16-4-2-3-5-21(16)30-22(31)13-29-23(32)19-12-17(24(25,26)27)8-11-20(19)28/h6-12,16,21H,2-5,13-14,28H2,1H3,(H,29,32)(H,30,31). The second-order valence-electron chi connectivity index (χ2n) is 8.33. The predicted octanol–water partition coefficient (Wildman–Crippen LogP) is 4.79. The van der Waals surface area contributed by atoms with Gasteiger partial charge in [0, 0.05) is 22.4 Å². The average molecular weight is 480 g/mol. The average Bonchev–Trinajstić information content (AvgIpc) is 2.77. The van der Waals surface area contributed by atoms with E-state index < -0.39 is 17.6 Å². The Kier molecular flexibility index (Phi) is 8.29. The molecule has 1 aliphatic carbocycles. The summed E-state index contributed by atoms with van der Waals surface area (Å²) < 4.78 is 38.8. The number of nitrogens with two attached hydrogens (primary N) is 1. The van der Waals surface area contributed by atoms with Crippen molar-refractivity contribution in [3.8, 4) is 0 Å². The molecule has 4 N–H and O–H groups in total. The van der Waals surface area contributed by atoms with Gasteiger partial charge in [0.1, 0.15) is 0 Å². The second-order valence-corrected chi connectivity index (χ2v) is 9.42. The van der Waals surface area contributed by atoms with E-state index >= 15 is 0 Å². The molecule has 2 aromatic rings. The molecular formula is C24H28F3N3O2S. The molecule has 178 valence electrons. The minimum absolute atomic E-state index is 0.000253. The Morgan fingerprint density at radius 2 is 1.79 bits per heavy atom. The Labute approximate surface area is 195 Å². The van der Waals surface area contributed by atoms with Gasteiger partial charge in [0.15, 0.2) is 0 Å². The van der Waals surface area contributed by atoms with Crippen LogP contribution in [0.3, 0.4) is 0 Å². The third kappa shape index (κ3) is 7.15. The van der Waals surface area contributed by atoms with Crippen molar-refractivity contribution in [2.75, 3.05) is 18.0 Å². The number of halogens is 3. The summed E-state index contributed by atoms with van der Waals surface area (Å²) in [7, 11) is 0. The summed E-state index contributed by atoms with van der Waals surface area (Å²) in [5, 5.41) is 5.38. The van der Waals surface area contributed by atoms with Gasteiger partial charge in [-0.3, -0.25) is 9.59 Å². The summed E-state index contributed by atoms with van der Waals surface area (Å²) in [6.07, 6.45) is -0.593. The van der Waals surface area contributed by atoms with Gasteiger partial charge in [0.05, 0.1) is 17.7 Å². The van der Waals surface area contributed by atoms with E-state index in [0.717, 1.165) is 43.6 Å². The van der Waals surface area contributed by atoms with Crippen LogP contribution in [-0.2, 0) is 11.0 Å². The fourth-order valence-electron chi connectivity index (χ4n) is 3.88. The summed E-state index contributed by atoms with van der Waals surface area (Å²) in [5.41, 5.74) is 5.52. The largest absolute Gasteiger partial charge is 0.416 e. The number of alkyl halides is 3. The van der Waals surface area contributed by atoms with Gasteiger partial charge in [0.25, 0.3) is 5.91 Å². The molecule has 2 unspecified atom stereocenters. The van der Waals surface area contributed by atoms with Crippen molar-refractivity contribution in [2.45, 2.75) is 49.7 Å². The molecule has 0 saturated heterocycles. The second kappa shape index (κ2) is 11.0. The van der Waals surface area contributed by atoms with Crippen LogP contribution in [0.5, 0.6) is 0 Å². The molecule has 9 heteroatoms. The summed E-state index contributed by atoms with van der Waals surface area (Å²) in [4.78, 5) is 26.0. The van der Waals surface area contributed by atoms with Crippen LogP contribution in [0.1, 0.15) is 47.2 Å². The number of hydrogen-bond acceptors (Lipinski definition) is 4. The Morgan fingerprint density at radius 1 is 1.09 bits per heavy atom. The predicted molar refractivity (Wildman–Crippen MR) is 124 cm³/mol. The first-order chi connectivity index (χ1) is 15.6. The third-order valence-corrected chi connectivity index (χ3v) is 6.98. The first-order valence-corrected chi connectivity index (χ1v) is 11.9. The van der Waals surface area contributed by atoms with Crippen LogP contribution in [-0.4, -0.2) is 30.2 Å². The first kappa shape index (κ1) is 25.0. The van der Waals surface area contributed by atoms with Crippen molar-refractivity contribution in [1.29, 1.82) is 0 Å². The van der Waals surface area contributed by atoms with Gasteiger partial charge in [-0.05, 0) is 56.0 Å². The number of carbonyl (C=O) groups excluding carboxylic acids is 2. The maximum atomic E-state index is 12.9. The van der Waals surface area contributed by atoms with Crippen molar-refractivity contribution < 1.29 is 22.8 Å². The normalized spacial score (nSPS) is 18.5. The molecule has 0 radical (unpaired) electrons.